The number of nitrogens with one attached hydrogen (secondary N) is 1. The van der Waals surface area contributed by atoms with E-state index in [1.807, 2.05) is 13.8 Å². The van der Waals surface area contributed by atoms with E-state index >= 15 is 0 Å². The molecular formula is C29H48N2O2S2. The van der Waals surface area contributed by atoms with Crippen LogP contribution in [0.1, 0.15) is 72.1 Å². The molecule has 0 unspecified atom stereocenters. The molecule has 0 spiro atoms. The fourth-order valence-corrected chi connectivity index (χ4v) is 5.20. The van der Waals surface area contributed by atoms with Crippen LogP contribution in [0, 0.1) is 0 Å². The Morgan fingerprint density at radius 2 is 1.31 bits per heavy atom. The topological polar surface area (TPSA) is 75.4 Å². The number of hydrogen-bond acceptors (Lipinski definition) is 5. The predicted molar refractivity (Wildman–Crippen MR) is 160 cm³/mol. The van der Waals surface area contributed by atoms with Gasteiger partial charge in [0, 0.05) is 29.5 Å². The number of rotatable bonds is 21. The largest absolute Gasteiger partial charge is 0.395 e. The number of amides is 1. The summed E-state index contributed by atoms with van der Waals surface area (Å²) >= 11 is 0. The van der Waals surface area contributed by atoms with Crippen LogP contribution in [0.3, 0.4) is 0 Å². The highest BCUT2D eigenvalue weighted by Gasteiger charge is 2.26. The Balaban J connectivity index is 3.65. The van der Waals surface area contributed by atoms with E-state index in [1.54, 1.807) is 21.6 Å². The maximum atomic E-state index is 11.9. The number of carbonyl (C=O) groups is 1. The quantitative estimate of drug-likeness (QED) is 0.0858. The molecule has 0 saturated carbocycles. The van der Waals surface area contributed by atoms with Gasteiger partial charge in [-0.1, -0.05) is 101 Å². The van der Waals surface area contributed by atoms with Crippen LogP contribution in [0.15, 0.2) is 72.9 Å². The van der Waals surface area contributed by atoms with Gasteiger partial charge in [0.15, 0.2) is 0 Å². The normalized spacial score (nSPS) is 14.1. The highest BCUT2D eigenvalue weighted by atomic mass is 33.1. The zero-order chi connectivity index (χ0) is 26.0. The first kappa shape index (κ1) is 33.5. The van der Waals surface area contributed by atoms with Crippen LogP contribution in [0.25, 0.3) is 0 Å². The summed E-state index contributed by atoms with van der Waals surface area (Å²) in [6.07, 6.45) is 33.4. The van der Waals surface area contributed by atoms with Crippen LogP contribution in [0.4, 0.5) is 0 Å². The molecule has 0 aliphatic carbocycles. The molecule has 0 rings (SSSR count). The highest BCUT2D eigenvalue weighted by Crippen LogP contribution is 2.36. The molecule has 0 saturated heterocycles. The number of carbonyl (C=O) groups excluding carboxylic acids is 1. The third-order valence-electron chi connectivity index (χ3n) is 5.01. The van der Waals surface area contributed by atoms with Gasteiger partial charge in [0.25, 0.3) is 0 Å². The van der Waals surface area contributed by atoms with Gasteiger partial charge in [0.1, 0.15) is 0 Å². The van der Waals surface area contributed by atoms with Crippen molar-refractivity contribution in [3.8, 4) is 0 Å². The van der Waals surface area contributed by atoms with Crippen LogP contribution in [0.5, 0.6) is 0 Å². The van der Waals surface area contributed by atoms with Crippen LogP contribution >= 0.6 is 21.6 Å². The van der Waals surface area contributed by atoms with Gasteiger partial charge in [-0.15, -0.1) is 0 Å². The molecule has 35 heavy (non-hydrogen) atoms. The van der Waals surface area contributed by atoms with E-state index in [9.17, 15) is 9.90 Å². The molecule has 0 aromatic heterocycles. The van der Waals surface area contributed by atoms with Crippen molar-refractivity contribution in [2.75, 3.05) is 18.9 Å². The predicted octanol–water partition coefficient (Wildman–Crippen LogP) is 7.06. The second-order valence-electron chi connectivity index (χ2n) is 8.60. The lowest BCUT2D eigenvalue weighted by Gasteiger charge is -2.28. The molecule has 4 N–H and O–H groups in total. The molecule has 4 nitrogen and oxygen atoms in total. The molecule has 1 amide bonds. The Labute approximate surface area is 222 Å². The SMILES string of the molecule is CC/C=C\C/C=C\C/C=C\C/C=C\C/C=C\C/C=C\CCC(=O)NCCSSC(C)(C)[C@H](N)CO. The first-order valence-corrected chi connectivity index (χ1v) is 15.1. The van der Waals surface area contributed by atoms with Gasteiger partial charge in [0.2, 0.25) is 5.91 Å². The van der Waals surface area contributed by atoms with Crippen molar-refractivity contribution in [2.24, 2.45) is 5.73 Å². The average molecular weight is 521 g/mol. The molecule has 0 bridgehead atoms. The van der Waals surface area contributed by atoms with Gasteiger partial charge in [-0.2, -0.15) is 0 Å². The fourth-order valence-electron chi connectivity index (χ4n) is 2.65. The number of aliphatic hydroxyl groups is 1. The second-order valence-corrected chi connectivity index (χ2v) is 11.7. The lowest BCUT2D eigenvalue weighted by atomic mass is 10.1. The van der Waals surface area contributed by atoms with Crippen molar-refractivity contribution in [3.05, 3.63) is 72.9 Å². The molecule has 0 aromatic carbocycles. The Bertz CT molecular complexity index is 695. The maximum Gasteiger partial charge on any atom is 0.220 e. The van der Waals surface area contributed by atoms with E-state index in [0.717, 1.165) is 50.7 Å². The van der Waals surface area contributed by atoms with Gasteiger partial charge in [-0.05, 0) is 58.8 Å². The van der Waals surface area contributed by atoms with Crippen LogP contribution in [-0.2, 0) is 4.79 Å². The Morgan fingerprint density at radius 1 is 0.857 bits per heavy atom. The minimum Gasteiger partial charge on any atom is -0.395 e. The monoisotopic (exact) mass is 520 g/mol. The first-order valence-electron chi connectivity index (χ1n) is 12.8. The summed E-state index contributed by atoms with van der Waals surface area (Å²) in [5.74, 6) is 0.902. The summed E-state index contributed by atoms with van der Waals surface area (Å²) in [6.45, 7) is 6.82. The molecule has 0 heterocycles. The third kappa shape index (κ3) is 22.7. The van der Waals surface area contributed by atoms with E-state index in [-0.39, 0.29) is 23.3 Å². The number of nitrogens with two attached hydrogens (primary N) is 1. The summed E-state index contributed by atoms with van der Waals surface area (Å²) in [6, 6.07) is -0.254. The van der Waals surface area contributed by atoms with E-state index in [0.29, 0.717) is 13.0 Å². The van der Waals surface area contributed by atoms with Crippen molar-refractivity contribution in [2.45, 2.75) is 82.9 Å². The third-order valence-corrected chi connectivity index (χ3v) is 8.37. The Morgan fingerprint density at radius 3 is 1.77 bits per heavy atom. The minimum absolute atomic E-state index is 0.0219. The summed E-state index contributed by atoms with van der Waals surface area (Å²) in [5.41, 5.74) is 5.90. The van der Waals surface area contributed by atoms with Crippen molar-refractivity contribution < 1.29 is 9.90 Å². The first-order chi connectivity index (χ1) is 16.9. The van der Waals surface area contributed by atoms with Crippen molar-refractivity contribution in [1.82, 2.24) is 5.32 Å². The van der Waals surface area contributed by atoms with E-state index in [1.165, 1.54) is 0 Å². The smallest absolute Gasteiger partial charge is 0.220 e. The molecule has 0 fully saturated rings. The molecule has 6 heteroatoms. The van der Waals surface area contributed by atoms with Crippen molar-refractivity contribution in [3.63, 3.8) is 0 Å². The van der Waals surface area contributed by atoms with Crippen LogP contribution in [0.2, 0.25) is 0 Å². The minimum atomic E-state index is -0.254. The standard InChI is InChI=1S/C29H48N2O2S2/c1-4-5-6-7-8-9-10-11-12-13-14-15-16-17-18-19-20-21-22-23-28(33)31-24-25-34-35-29(2,3)27(30)26-32/h5-6,8-9,11-12,14-15,17-18,20-21,27,32H,4,7,10,13,16,19,22-26,30H2,1-3H3,(H,31,33)/b6-5-,9-8-,12-11-,15-14-,18-17-,21-20-/t27-/m1/s1. The summed E-state index contributed by atoms with van der Waals surface area (Å²) in [4.78, 5) is 11.9. The molecule has 0 radical (unpaired) electrons. The van der Waals surface area contributed by atoms with Crippen LogP contribution < -0.4 is 11.1 Å². The fraction of sp³-hybridized carbons (Fsp3) is 0.552. The molecule has 198 valence electrons. The number of hydrogen-bond donors (Lipinski definition) is 3. The van der Waals surface area contributed by atoms with E-state index in [4.69, 9.17) is 5.73 Å². The van der Waals surface area contributed by atoms with Gasteiger partial charge in [0.05, 0.1) is 6.61 Å². The van der Waals surface area contributed by atoms with Crippen molar-refractivity contribution >= 4 is 27.5 Å². The maximum absolute atomic E-state index is 11.9. The second kappa shape index (κ2) is 24.2. The molecule has 0 aromatic rings. The molecule has 0 aliphatic rings. The lowest BCUT2D eigenvalue weighted by Crippen LogP contribution is -2.42. The van der Waals surface area contributed by atoms with Gasteiger partial charge in [-0.3, -0.25) is 4.79 Å². The Kier molecular flexibility index (Phi) is 23.2. The van der Waals surface area contributed by atoms with E-state index in [2.05, 4.69) is 85.2 Å². The zero-order valence-corrected chi connectivity index (χ0v) is 23.7. The highest BCUT2D eigenvalue weighted by molar-refractivity contribution is 8.77. The zero-order valence-electron chi connectivity index (χ0n) is 22.0. The van der Waals surface area contributed by atoms with Crippen LogP contribution in [-0.4, -0.2) is 40.7 Å². The number of allylic oxidation sites excluding steroid dienone is 12. The number of aliphatic hydroxyl groups excluding tert-OH is 1. The van der Waals surface area contributed by atoms with Gasteiger partial charge < -0.3 is 16.2 Å². The Hall–Kier alpha value is -1.47. The summed E-state index contributed by atoms with van der Waals surface area (Å²) in [5, 5.41) is 12.1. The van der Waals surface area contributed by atoms with Gasteiger partial charge in [-0.25, -0.2) is 0 Å². The van der Waals surface area contributed by atoms with E-state index < -0.39 is 0 Å². The summed E-state index contributed by atoms with van der Waals surface area (Å²) < 4.78 is -0.195. The molecular weight excluding hydrogens is 472 g/mol. The molecule has 0 aliphatic heterocycles. The summed E-state index contributed by atoms with van der Waals surface area (Å²) in [7, 11) is 3.33. The average Bonchev–Trinajstić information content (AvgIpc) is 2.84. The van der Waals surface area contributed by atoms with Crippen molar-refractivity contribution in [1.29, 1.82) is 0 Å². The lowest BCUT2D eigenvalue weighted by molar-refractivity contribution is -0.120. The molecule has 1 atom stereocenters. The van der Waals surface area contributed by atoms with Gasteiger partial charge >= 0.3 is 0 Å².